The summed E-state index contributed by atoms with van der Waals surface area (Å²) in [6.07, 6.45) is 1.99. The van der Waals surface area contributed by atoms with Crippen molar-refractivity contribution in [1.29, 1.82) is 0 Å². The Morgan fingerprint density at radius 1 is 0.778 bits per heavy atom. The van der Waals surface area contributed by atoms with Gasteiger partial charge < -0.3 is 0 Å². The van der Waals surface area contributed by atoms with Crippen molar-refractivity contribution >= 4 is 28.1 Å². The molecule has 0 radical (unpaired) electrons. The number of hydrogen-bond acceptors (Lipinski definition) is 3. The summed E-state index contributed by atoms with van der Waals surface area (Å²) in [7, 11) is 0. The van der Waals surface area contributed by atoms with Gasteiger partial charge in [-0.2, -0.15) is 0 Å². The highest BCUT2D eigenvalue weighted by molar-refractivity contribution is 6.16. The largest absolute Gasteiger partial charge is 0.294 e. The van der Waals surface area contributed by atoms with E-state index in [1.54, 1.807) is 6.20 Å². The van der Waals surface area contributed by atoms with E-state index < -0.39 is 0 Å². The summed E-state index contributed by atoms with van der Waals surface area (Å²) in [5, 5.41) is 1.03. The number of Topliss-reactive ketones (excluding diaryl/α,β-unsaturated/α-hetero) is 1. The van der Waals surface area contributed by atoms with Crippen LogP contribution in [0.5, 0.6) is 0 Å². The molecule has 0 aliphatic carbocycles. The van der Waals surface area contributed by atoms with Crippen molar-refractivity contribution in [3.05, 3.63) is 108 Å². The van der Waals surface area contributed by atoms with E-state index >= 15 is 0 Å². The predicted molar refractivity (Wildman–Crippen MR) is 110 cm³/mol. The van der Waals surface area contributed by atoms with Crippen molar-refractivity contribution in [1.82, 2.24) is 4.98 Å². The molecule has 130 valence electrons. The highest BCUT2D eigenvalue weighted by Gasteiger charge is 2.12. The molecule has 27 heavy (non-hydrogen) atoms. The average Bonchev–Trinajstić information content (AvgIpc) is 2.74. The summed E-state index contributed by atoms with van der Waals surface area (Å²) < 4.78 is 0. The highest BCUT2D eigenvalue weighted by atomic mass is 16.1. The molecule has 0 fully saturated rings. The first-order valence-corrected chi connectivity index (χ1v) is 8.85. The second-order valence-electron chi connectivity index (χ2n) is 6.28. The van der Waals surface area contributed by atoms with E-state index in [0.29, 0.717) is 5.56 Å². The van der Waals surface area contributed by atoms with E-state index in [-0.39, 0.29) is 12.2 Å². The first kappa shape index (κ1) is 16.9. The molecule has 0 aliphatic rings. The van der Waals surface area contributed by atoms with Crippen molar-refractivity contribution in [3.63, 3.8) is 0 Å². The van der Waals surface area contributed by atoms with Gasteiger partial charge in [0.15, 0.2) is 5.78 Å². The van der Waals surface area contributed by atoms with Gasteiger partial charge in [0.2, 0.25) is 0 Å². The zero-order valence-corrected chi connectivity index (χ0v) is 14.7. The van der Waals surface area contributed by atoms with Crippen LogP contribution >= 0.6 is 0 Å². The Kier molecular flexibility index (Phi) is 4.84. The third-order valence-electron chi connectivity index (χ3n) is 4.37. The Bertz CT molecular complexity index is 1100. The summed E-state index contributed by atoms with van der Waals surface area (Å²) in [5.74, 6) is 0.0481. The molecular weight excluding hydrogens is 332 g/mol. The Hall–Kier alpha value is -3.59. The van der Waals surface area contributed by atoms with Crippen molar-refractivity contribution in [2.75, 3.05) is 0 Å². The van der Waals surface area contributed by atoms with Crippen LogP contribution in [0, 0.1) is 0 Å². The van der Waals surface area contributed by atoms with Gasteiger partial charge in [0.25, 0.3) is 0 Å². The van der Waals surface area contributed by atoms with E-state index in [9.17, 15) is 4.79 Å². The molecule has 0 bridgehead atoms. The molecule has 0 unspecified atom stereocenters. The molecule has 3 nitrogen and oxygen atoms in total. The van der Waals surface area contributed by atoms with Crippen LogP contribution in [0.4, 0.5) is 5.69 Å². The molecule has 0 saturated carbocycles. The van der Waals surface area contributed by atoms with Crippen molar-refractivity contribution in [2.45, 2.75) is 6.42 Å². The SMILES string of the molecule is O=C(CC(=Nc1cnc2ccccc2c1)c1ccccc1)c1ccccc1. The number of rotatable bonds is 5. The Labute approximate surface area is 158 Å². The second-order valence-corrected chi connectivity index (χ2v) is 6.28. The van der Waals surface area contributed by atoms with Gasteiger partial charge in [-0.05, 0) is 17.7 Å². The maximum atomic E-state index is 12.7. The average molecular weight is 350 g/mol. The van der Waals surface area contributed by atoms with Crippen LogP contribution in [0.2, 0.25) is 0 Å². The molecular formula is C24H18N2O. The summed E-state index contributed by atoms with van der Waals surface area (Å²) in [4.78, 5) is 22.0. The number of carbonyl (C=O) groups is 1. The Morgan fingerprint density at radius 3 is 2.15 bits per heavy atom. The standard InChI is InChI=1S/C24H18N2O/c27-24(19-11-5-2-6-12-19)16-23(18-9-3-1-4-10-18)26-21-15-20-13-7-8-14-22(20)25-17-21/h1-15,17H,16H2. The molecule has 0 saturated heterocycles. The minimum absolute atomic E-state index is 0.0481. The van der Waals surface area contributed by atoms with Crippen molar-refractivity contribution < 1.29 is 4.79 Å². The lowest BCUT2D eigenvalue weighted by Gasteiger charge is -2.08. The molecule has 4 rings (SSSR count). The molecule has 3 heteroatoms. The third-order valence-corrected chi connectivity index (χ3v) is 4.37. The van der Waals surface area contributed by atoms with E-state index in [0.717, 1.165) is 27.9 Å². The fourth-order valence-corrected chi connectivity index (χ4v) is 2.99. The third kappa shape index (κ3) is 3.98. The fourth-order valence-electron chi connectivity index (χ4n) is 2.99. The van der Waals surface area contributed by atoms with Crippen LogP contribution in [-0.2, 0) is 0 Å². The Morgan fingerprint density at radius 2 is 1.41 bits per heavy atom. The minimum atomic E-state index is 0.0481. The van der Waals surface area contributed by atoms with Crippen LogP contribution in [0.25, 0.3) is 10.9 Å². The first-order valence-electron chi connectivity index (χ1n) is 8.85. The summed E-state index contributed by atoms with van der Waals surface area (Å²) >= 11 is 0. The Balaban J connectivity index is 1.73. The van der Waals surface area contributed by atoms with E-state index in [2.05, 4.69) is 4.98 Å². The molecule has 0 N–H and O–H groups in total. The number of hydrogen-bond donors (Lipinski definition) is 0. The van der Waals surface area contributed by atoms with Crippen molar-refractivity contribution in [3.8, 4) is 0 Å². The minimum Gasteiger partial charge on any atom is -0.294 e. The lowest BCUT2D eigenvalue weighted by atomic mass is 10.0. The maximum absolute atomic E-state index is 12.7. The van der Waals surface area contributed by atoms with Gasteiger partial charge >= 0.3 is 0 Å². The van der Waals surface area contributed by atoms with Crippen LogP contribution in [0.1, 0.15) is 22.3 Å². The smallest absolute Gasteiger partial charge is 0.168 e. The molecule has 0 atom stereocenters. The second kappa shape index (κ2) is 7.75. The van der Waals surface area contributed by atoms with Gasteiger partial charge in [0.05, 0.1) is 29.5 Å². The van der Waals surface area contributed by atoms with Gasteiger partial charge in [0, 0.05) is 10.9 Å². The lowest BCUT2D eigenvalue weighted by molar-refractivity contribution is 0.100. The molecule has 1 heterocycles. The quantitative estimate of drug-likeness (QED) is 0.346. The zero-order valence-electron chi connectivity index (χ0n) is 14.7. The number of nitrogens with zero attached hydrogens (tertiary/aromatic N) is 2. The van der Waals surface area contributed by atoms with E-state index in [1.807, 2.05) is 91.0 Å². The molecule has 0 aliphatic heterocycles. The maximum Gasteiger partial charge on any atom is 0.168 e. The molecule has 0 amide bonds. The van der Waals surface area contributed by atoms with Gasteiger partial charge in [-0.3, -0.25) is 14.8 Å². The summed E-state index contributed by atoms with van der Waals surface area (Å²) in [6, 6.07) is 29.1. The number of aromatic nitrogens is 1. The van der Waals surface area contributed by atoms with Crippen LogP contribution in [0.3, 0.4) is 0 Å². The van der Waals surface area contributed by atoms with Gasteiger partial charge in [-0.25, -0.2) is 0 Å². The highest BCUT2D eigenvalue weighted by Crippen LogP contribution is 2.21. The number of aliphatic imine (C=N–C) groups is 1. The topological polar surface area (TPSA) is 42.3 Å². The predicted octanol–water partition coefficient (Wildman–Crippen LogP) is 5.63. The van der Waals surface area contributed by atoms with Crippen LogP contribution in [0.15, 0.2) is 102 Å². The summed E-state index contributed by atoms with van der Waals surface area (Å²) in [6.45, 7) is 0. The number of benzene rings is 3. The van der Waals surface area contributed by atoms with Crippen molar-refractivity contribution in [2.24, 2.45) is 4.99 Å². The number of para-hydroxylation sites is 1. The monoisotopic (exact) mass is 350 g/mol. The van der Waals surface area contributed by atoms with Gasteiger partial charge in [0.1, 0.15) is 0 Å². The normalized spacial score (nSPS) is 11.5. The number of ketones is 1. The van der Waals surface area contributed by atoms with Gasteiger partial charge in [-0.15, -0.1) is 0 Å². The molecule has 1 aromatic heterocycles. The molecule has 3 aromatic carbocycles. The molecule has 0 spiro atoms. The molecule has 4 aromatic rings. The van der Waals surface area contributed by atoms with Crippen LogP contribution in [-0.4, -0.2) is 16.5 Å². The van der Waals surface area contributed by atoms with Crippen LogP contribution < -0.4 is 0 Å². The zero-order chi connectivity index (χ0) is 18.5. The number of carbonyl (C=O) groups excluding carboxylic acids is 1. The first-order chi connectivity index (χ1) is 13.3. The van der Waals surface area contributed by atoms with E-state index in [1.165, 1.54) is 0 Å². The van der Waals surface area contributed by atoms with Gasteiger partial charge in [-0.1, -0.05) is 78.9 Å². The fraction of sp³-hybridized carbons (Fsp3) is 0.0417. The number of fused-ring (bicyclic) bond motifs is 1. The number of pyridine rings is 1. The summed E-state index contributed by atoms with van der Waals surface area (Å²) in [5.41, 5.74) is 4.04. The lowest BCUT2D eigenvalue weighted by Crippen LogP contribution is -2.09. The van der Waals surface area contributed by atoms with E-state index in [4.69, 9.17) is 4.99 Å².